The number of hydrogen-bond acceptors (Lipinski definition) is 7. The number of ether oxygens (including phenoxy) is 1. The lowest BCUT2D eigenvalue weighted by Crippen LogP contribution is -2.23. The van der Waals surface area contributed by atoms with Crippen LogP contribution in [0.2, 0.25) is 0 Å². The summed E-state index contributed by atoms with van der Waals surface area (Å²) in [7, 11) is -1.43. The first-order valence-electron chi connectivity index (χ1n) is 7.70. The predicted octanol–water partition coefficient (Wildman–Crippen LogP) is 1.34. The molecule has 2 N–H and O–H groups in total. The fraction of sp³-hybridized carbons (Fsp3) is 0.312. The van der Waals surface area contributed by atoms with Gasteiger partial charge >= 0.3 is 0 Å². The van der Waals surface area contributed by atoms with Gasteiger partial charge in [-0.2, -0.15) is 0 Å². The van der Waals surface area contributed by atoms with Crippen LogP contribution in [0.4, 0.5) is 11.6 Å². The Morgan fingerprint density at radius 3 is 2.64 bits per heavy atom. The van der Waals surface area contributed by atoms with Crippen molar-refractivity contribution in [3.05, 3.63) is 42.2 Å². The highest BCUT2D eigenvalue weighted by atomic mass is 32.2. The van der Waals surface area contributed by atoms with Crippen LogP contribution in [0.15, 0.2) is 36.5 Å². The molecule has 1 fully saturated rings. The van der Waals surface area contributed by atoms with Gasteiger partial charge in [0, 0.05) is 17.9 Å². The van der Waals surface area contributed by atoms with E-state index in [2.05, 4.69) is 20.6 Å². The maximum atomic E-state index is 12.3. The number of aromatic nitrogens is 2. The Bertz CT molecular complexity index is 868. The van der Waals surface area contributed by atoms with Gasteiger partial charge in [0.2, 0.25) is 5.95 Å². The Kier molecular flexibility index (Phi) is 4.84. The molecule has 1 atom stereocenters. The lowest BCUT2D eigenvalue weighted by atomic mass is 10.2. The molecule has 0 spiro atoms. The average molecular weight is 362 g/mol. The Morgan fingerprint density at radius 1 is 1.24 bits per heavy atom. The zero-order chi connectivity index (χ0) is 17.9. The summed E-state index contributed by atoms with van der Waals surface area (Å²) < 4.78 is 28.1. The van der Waals surface area contributed by atoms with Gasteiger partial charge in [-0.05, 0) is 36.8 Å². The molecule has 1 aromatic heterocycles. The van der Waals surface area contributed by atoms with Crippen LogP contribution in [0.25, 0.3) is 0 Å². The van der Waals surface area contributed by atoms with E-state index in [1.807, 2.05) is 0 Å². The van der Waals surface area contributed by atoms with Crippen LogP contribution in [-0.2, 0) is 9.84 Å². The number of rotatable bonds is 5. The zero-order valence-corrected chi connectivity index (χ0v) is 14.4. The summed E-state index contributed by atoms with van der Waals surface area (Å²) in [4.78, 5) is 20.5. The molecule has 0 aliphatic carbocycles. The van der Waals surface area contributed by atoms with Gasteiger partial charge in [0.1, 0.15) is 11.4 Å². The number of anilines is 2. The van der Waals surface area contributed by atoms with E-state index in [9.17, 15) is 13.2 Å². The van der Waals surface area contributed by atoms with Crippen molar-refractivity contribution in [3.8, 4) is 5.75 Å². The van der Waals surface area contributed by atoms with Crippen molar-refractivity contribution in [2.75, 3.05) is 29.2 Å². The van der Waals surface area contributed by atoms with E-state index in [-0.39, 0.29) is 35.1 Å². The van der Waals surface area contributed by atoms with E-state index in [0.717, 1.165) is 0 Å². The first-order chi connectivity index (χ1) is 11.9. The fourth-order valence-electron chi connectivity index (χ4n) is 2.52. The molecule has 9 heteroatoms. The second-order valence-electron chi connectivity index (χ2n) is 5.69. The molecule has 25 heavy (non-hydrogen) atoms. The SMILES string of the molecule is COc1ccc(NC(=O)c2ccnc(NC3CCS(=O)(=O)C3)n2)cc1. The number of sulfone groups is 1. The topological polar surface area (TPSA) is 110 Å². The van der Waals surface area contributed by atoms with E-state index >= 15 is 0 Å². The number of carbonyl (C=O) groups excluding carboxylic acids is 1. The molecule has 0 radical (unpaired) electrons. The number of hydrogen-bond donors (Lipinski definition) is 2. The molecule has 1 aliphatic rings. The normalized spacial score (nSPS) is 18.5. The molecule has 132 valence electrons. The van der Waals surface area contributed by atoms with Crippen molar-refractivity contribution >= 4 is 27.4 Å². The molecule has 2 heterocycles. The number of nitrogens with zero attached hydrogens (tertiary/aromatic N) is 2. The molecule has 1 aliphatic heterocycles. The highest BCUT2D eigenvalue weighted by Crippen LogP contribution is 2.17. The average Bonchev–Trinajstić information content (AvgIpc) is 2.94. The Morgan fingerprint density at radius 2 is 2.00 bits per heavy atom. The lowest BCUT2D eigenvalue weighted by Gasteiger charge is -2.11. The molecule has 3 rings (SSSR count). The predicted molar refractivity (Wildman–Crippen MR) is 93.7 cm³/mol. The van der Waals surface area contributed by atoms with Gasteiger partial charge < -0.3 is 15.4 Å². The molecule has 0 bridgehead atoms. The van der Waals surface area contributed by atoms with E-state index in [1.54, 1.807) is 31.4 Å². The molecule has 2 aromatic rings. The monoisotopic (exact) mass is 362 g/mol. The molecule has 1 amide bonds. The Hall–Kier alpha value is -2.68. The summed E-state index contributed by atoms with van der Waals surface area (Å²) >= 11 is 0. The van der Waals surface area contributed by atoms with Crippen LogP contribution in [-0.4, -0.2) is 49.0 Å². The van der Waals surface area contributed by atoms with Crippen LogP contribution in [0.1, 0.15) is 16.9 Å². The zero-order valence-electron chi connectivity index (χ0n) is 13.6. The third-order valence-corrected chi connectivity index (χ3v) is 5.57. The quantitative estimate of drug-likeness (QED) is 0.826. The van der Waals surface area contributed by atoms with Gasteiger partial charge in [-0.25, -0.2) is 18.4 Å². The van der Waals surface area contributed by atoms with Crippen LogP contribution < -0.4 is 15.4 Å². The first-order valence-corrected chi connectivity index (χ1v) is 9.53. The molecular formula is C16H18N4O4S. The van der Waals surface area contributed by atoms with Crippen LogP contribution in [0.5, 0.6) is 5.75 Å². The minimum atomic E-state index is -3.00. The van der Waals surface area contributed by atoms with Crippen molar-refractivity contribution in [2.24, 2.45) is 0 Å². The third kappa shape index (κ3) is 4.44. The number of benzene rings is 1. The van der Waals surface area contributed by atoms with Gasteiger partial charge in [0.05, 0.1) is 18.6 Å². The molecule has 1 aromatic carbocycles. The number of carbonyl (C=O) groups is 1. The summed E-state index contributed by atoms with van der Waals surface area (Å²) in [5, 5.41) is 5.71. The van der Waals surface area contributed by atoms with Crippen molar-refractivity contribution < 1.29 is 17.9 Å². The largest absolute Gasteiger partial charge is 0.497 e. The van der Waals surface area contributed by atoms with Gasteiger partial charge in [0.15, 0.2) is 9.84 Å². The van der Waals surface area contributed by atoms with Crippen LogP contribution in [0.3, 0.4) is 0 Å². The van der Waals surface area contributed by atoms with E-state index in [1.165, 1.54) is 12.3 Å². The van der Waals surface area contributed by atoms with Gasteiger partial charge in [-0.1, -0.05) is 0 Å². The molecule has 8 nitrogen and oxygen atoms in total. The molecule has 0 saturated carbocycles. The van der Waals surface area contributed by atoms with Crippen molar-refractivity contribution in [2.45, 2.75) is 12.5 Å². The van der Waals surface area contributed by atoms with Crippen molar-refractivity contribution in [1.82, 2.24) is 9.97 Å². The summed E-state index contributed by atoms with van der Waals surface area (Å²) in [5.74, 6) is 0.762. The second kappa shape index (κ2) is 7.06. The van der Waals surface area contributed by atoms with Gasteiger partial charge in [-0.15, -0.1) is 0 Å². The van der Waals surface area contributed by atoms with Crippen molar-refractivity contribution in [3.63, 3.8) is 0 Å². The fourth-order valence-corrected chi connectivity index (χ4v) is 4.19. The van der Waals surface area contributed by atoms with E-state index in [4.69, 9.17) is 4.74 Å². The minimum Gasteiger partial charge on any atom is -0.497 e. The number of nitrogens with one attached hydrogen (secondary N) is 2. The molecular weight excluding hydrogens is 344 g/mol. The summed E-state index contributed by atoms with van der Waals surface area (Å²) in [6.45, 7) is 0. The second-order valence-corrected chi connectivity index (χ2v) is 7.92. The smallest absolute Gasteiger partial charge is 0.274 e. The van der Waals surface area contributed by atoms with Crippen molar-refractivity contribution in [1.29, 1.82) is 0 Å². The van der Waals surface area contributed by atoms with E-state index in [0.29, 0.717) is 17.9 Å². The maximum absolute atomic E-state index is 12.3. The highest BCUT2D eigenvalue weighted by Gasteiger charge is 2.28. The van der Waals surface area contributed by atoms with Gasteiger partial charge in [-0.3, -0.25) is 4.79 Å². The highest BCUT2D eigenvalue weighted by molar-refractivity contribution is 7.91. The lowest BCUT2D eigenvalue weighted by molar-refractivity contribution is 0.102. The first kappa shape index (κ1) is 17.2. The van der Waals surface area contributed by atoms with E-state index < -0.39 is 9.84 Å². The molecule has 1 unspecified atom stereocenters. The summed E-state index contributed by atoms with van der Waals surface area (Å²) in [6, 6.07) is 8.19. The molecule has 1 saturated heterocycles. The van der Waals surface area contributed by atoms with Crippen LogP contribution in [0, 0.1) is 0 Å². The standard InChI is InChI=1S/C16H18N4O4S/c1-24-13-4-2-11(3-5-13)18-15(21)14-6-8-17-16(20-14)19-12-7-9-25(22,23)10-12/h2-6,8,12H,7,9-10H2,1H3,(H,18,21)(H,17,19,20). The van der Waals surface area contributed by atoms with Gasteiger partial charge in [0.25, 0.3) is 5.91 Å². The third-order valence-electron chi connectivity index (χ3n) is 3.80. The van der Waals surface area contributed by atoms with Crippen LogP contribution >= 0.6 is 0 Å². The summed E-state index contributed by atoms with van der Waals surface area (Å²) in [6.07, 6.45) is 1.97. The number of methoxy groups -OCH3 is 1. The number of amides is 1. The Labute approximate surface area is 145 Å². The minimum absolute atomic E-state index is 0.0542. The maximum Gasteiger partial charge on any atom is 0.274 e. The summed E-state index contributed by atoms with van der Waals surface area (Å²) in [5.41, 5.74) is 0.801. The Balaban J connectivity index is 1.66.